The first-order valence-electron chi connectivity index (χ1n) is 6.96. The van der Waals surface area contributed by atoms with Crippen LogP contribution in [0.2, 0.25) is 0 Å². The summed E-state index contributed by atoms with van der Waals surface area (Å²) in [4.78, 5) is 13.8. The summed E-state index contributed by atoms with van der Waals surface area (Å²) in [6, 6.07) is 10.6. The third-order valence-corrected chi connectivity index (χ3v) is 5.61. The van der Waals surface area contributed by atoms with Crippen molar-refractivity contribution in [1.82, 2.24) is 10.1 Å². The standard InChI is InChI=1S/C15H16N2O4S/c1-17(12-7-8-22(19,20)10-12)15(18)13-9-14(21-16-13)11-5-3-2-4-6-11/h2-6,9,12H,7-8,10H2,1H3. The minimum atomic E-state index is -3.03. The van der Waals surface area contributed by atoms with Gasteiger partial charge in [0.2, 0.25) is 0 Å². The molecule has 7 heteroatoms. The highest BCUT2D eigenvalue weighted by molar-refractivity contribution is 7.91. The molecule has 1 atom stereocenters. The summed E-state index contributed by atoms with van der Waals surface area (Å²) in [7, 11) is -1.43. The predicted octanol–water partition coefficient (Wildman–Crippen LogP) is 1.60. The van der Waals surface area contributed by atoms with Gasteiger partial charge in [-0.15, -0.1) is 0 Å². The van der Waals surface area contributed by atoms with Crippen LogP contribution in [0.4, 0.5) is 0 Å². The summed E-state index contributed by atoms with van der Waals surface area (Å²) in [5.41, 5.74) is 1.02. The third kappa shape index (κ3) is 2.89. The van der Waals surface area contributed by atoms with Gasteiger partial charge in [-0.25, -0.2) is 8.42 Å². The molecule has 6 nitrogen and oxygen atoms in total. The first kappa shape index (κ1) is 14.8. The molecule has 0 aliphatic carbocycles. The fourth-order valence-corrected chi connectivity index (χ4v) is 4.32. The minimum Gasteiger partial charge on any atom is -0.355 e. The molecule has 2 aromatic rings. The summed E-state index contributed by atoms with van der Waals surface area (Å²) >= 11 is 0. The monoisotopic (exact) mass is 320 g/mol. The van der Waals surface area contributed by atoms with Gasteiger partial charge in [-0.3, -0.25) is 4.79 Å². The lowest BCUT2D eigenvalue weighted by molar-refractivity contribution is 0.0737. The zero-order chi connectivity index (χ0) is 15.7. The molecular formula is C15H16N2O4S. The number of sulfone groups is 1. The van der Waals surface area contributed by atoms with E-state index >= 15 is 0 Å². The molecule has 116 valence electrons. The van der Waals surface area contributed by atoms with Gasteiger partial charge >= 0.3 is 0 Å². The van der Waals surface area contributed by atoms with Crippen molar-refractivity contribution < 1.29 is 17.7 Å². The van der Waals surface area contributed by atoms with Gasteiger partial charge in [0.25, 0.3) is 5.91 Å². The molecule has 22 heavy (non-hydrogen) atoms. The fraction of sp³-hybridized carbons (Fsp3) is 0.333. The molecule has 1 aliphatic rings. The molecule has 0 spiro atoms. The molecular weight excluding hydrogens is 304 g/mol. The zero-order valence-electron chi connectivity index (χ0n) is 12.1. The summed E-state index contributed by atoms with van der Waals surface area (Å²) in [5, 5.41) is 3.81. The molecule has 1 saturated heterocycles. The molecule has 1 amide bonds. The summed E-state index contributed by atoms with van der Waals surface area (Å²) in [5.74, 6) is 0.326. The van der Waals surface area contributed by atoms with E-state index in [9.17, 15) is 13.2 Å². The minimum absolute atomic E-state index is 0.0125. The quantitative estimate of drug-likeness (QED) is 0.858. The van der Waals surface area contributed by atoms with Crippen LogP contribution in [0.5, 0.6) is 0 Å². The van der Waals surface area contributed by atoms with Crippen molar-refractivity contribution in [2.75, 3.05) is 18.6 Å². The van der Waals surface area contributed by atoms with E-state index < -0.39 is 9.84 Å². The Kier molecular flexibility index (Phi) is 3.74. The van der Waals surface area contributed by atoms with Crippen LogP contribution in [-0.4, -0.2) is 49.0 Å². The topological polar surface area (TPSA) is 80.5 Å². The number of carbonyl (C=O) groups excluding carboxylic acids is 1. The highest BCUT2D eigenvalue weighted by atomic mass is 32.2. The summed E-state index contributed by atoms with van der Waals surface area (Å²) < 4.78 is 28.3. The number of amides is 1. The number of hydrogen-bond donors (Lipinski definition) is 0. The van der Waals surface area contributed by atoms with Crippen LogP contribution >= 0.6 is 0 Å². The maximum absolute atomic E-state index is 12.4. The number of aromatic nitrogens is 1. The van der Waals surface area contributed by atoms with Crippen molar-refractivity contribution in [3.63, 3.8) is 0 Å². The predicted molar refractivity (Wildman–Crippen MR) is 81.1 cm³/mol. The SMILES string of the molecule is CN(C(=O)c1cc(-c2ccccc2)on1)C1CCS(=O)(=O)C1. The Morgan fingerprint density at radius 1 is 1.32 bits per heavy atom. The number of nitrogens with zero attached hydrogens (tertiary/aromatic N) is 2. The van der Waals surface area contributed by atoms with E-state index in [-0.39, 0.29) is 29.1 Å². The number of benzene rings is 1. The van der Waals surface area contributed by atoms with Crippen molar-refractivity contribution >= 4 is 15.7 Å². The maximum Gasteiger partial charge on any atom is 0.276 e. The Labute approximate surface area is 128 Å². The van der Waals surface area contributed by atoms with Gasteiger partial charge in [0, 0.05) is 24.7 Å². The largest absolute Gasteiger partial charge is 0.355 e. The molecule has 0 bridgehead atoms. The van der Waals surface area contributed by atoms with Crippen LogP contribution in [-0.2, 0) is 9.84 Å². The van der Waals surface area contributed by atoms with E-state index in [1.165, 1.54) is 4.90 Å². The van der Waals surface area contributed by atoms with Crippen molar-refractivity contribution in [1.29, 1.82) is 0 Å². The Bertz CT molecular complexity index is 783. The molecule has 1 aromatic carbocycles. The van der Waals surface area contributed by atoms with Crippen LogP contribution in [0.1, 0.15) is 16.9 Å². The van der Waals surface area contributed by atoms with Gasteiger partial charge < -0.3 is 9.42 Å². The molecule has 2 heterocycles. The molecule has 0 N–H and O–H groups in total. The Balaban J connectivity index is 1.77. The fourth-order valence-electron chi connectivity index (χ4n) is 2.54. The average Bonchev–Trinajstić information content (AvgIpc) is 3.13. The summed E-state index contributed by atoms with van der Waals surface area (Å²) in [6.07, 6.45) is 0.466. The van der Waals surface area contributed by atoms with Crippen molar-refractivity contribution in [2.45, 2.75) is 12.5 Å². The van der Waals surface area contributed by atoms with Crippen LogP contribution in [0, 0.1) is 0 Å². The Morgan fingerprint density at radius 2 is 2.05 bits per heavy atom. The van der Waals surface area contributed by atoms with Gasteiger partial charge in [0.1, 0.15) is 0 Å². The average molecular weight is 320 g/mol. The van der Waals surface area contributed by atoms with Gasteiger partial charge in [-0.2, -0.15) is 0 Å². The second kappa shape index (κ2) is 5.57. The lowest BCUT2D eigenvalue weighted by atomic mass is 10.1. The van der Waals surface area contributed by atoms with Crippen molar-refractivity contribution in [3.8, 4) is 11.3 Å². The third-order valence-electron chi connectivity index (χ3n) is 3.86. The van der Waals surface area contributed by atoms with Gasteiger partial charge in [0.05, 0.1) is 11.5 Å². The van der Waals surface area contributed by atoms with Gasteiger partial charge in [0.15, 0.2) is 21.3 Å². The number of hydrogen-bond acceptors (Lipinski definition) is 5. The van der Waals surface area contributed by atoms with Crippen molar-refractivity contribution in [2.24, 2.45) is 0 Å². The molecule has 1 aromatic heterocycles. The van der Waals surface area contributed by atoms with Gasteiger partial charge in [-0.05, 0) is 6.42 Å². The first-order chi connectivity index (χ1) is 10.5. The van der Waals surface area contributed by atoms with Crippen LogP contribution in [0.25, 0.3) is 11.3 Å². The molecule has 0 saturated carbocycles. The highest BCUT2D eigenvalue weighted by Crippen LogP contribution is 2.22. The van der Waals surface area contributed by atoms with Crippen LogP contribution in [0.3, 0.4) is 0 Å². The van der Waals surface area contributed by atoms with E-state index in [4.69, 9.17) is 4.52 Å². The maximum atomic E-state index is 12.4. The number of carbonyl (C=O) groups is 1. The first-order valence-corrected chi connectivity index (χ1v) is 8.78. The highest BCUT2D eigenvalue weighted by Gasteiger charge is 2.33. The second-order valence-electron chi connectivity index (χ2n) is 5.42. The van der Waals surface area contributed by atoms with Gasteiger partial charge in [-0.1, -0.05) is 35.5 Å². The van der Waals surface area contributed by atoms with E-state index in [2.05, 4.69) is 5.16 Å². The lowest BCUT2D eigenvalue weighted by Gasteiger charge is -2.21. The Hall–Kier alpha value is -2.15. The molecule has 1 fully saturated rings. The van der Waals surface area contributed by atoms with E-state index in [1.54, 1.807) is 13.1 Å². The zero-order valence-corrected chi connectivity index (χ0v) is 12.9. The van der Waals surface area contributed by atoms with Crippen LogP contribution in [0.15, 0.2) is 40.9 Å². The van der Waals surface area contributed by atoms with E-state index in [0.717, 1.165) is 5.56 Å². The van der Waals surface area contributed by atoms with Crippen LogP contribution < -0.4 is 0 Å². The summed E-state index contributed by atoms with van der Waals surface area (Å²) in [6.45, 7) is 0. The van der Waals surface area contributed by atoms with E-state index in [0.29, 0.717) is 12.2 Å². The molecule has 3 rings (SSSR count). The van der Waals surface area contributed by atoms with Crippen molar-refractivity contribution in [3.05, 3.63) is 42.1 Å². The molecule has 0 radical (unpaired) electrons. The second-order valence-corrected chi connectivity index (χ2v) is 7.64. The van der Waals surface area contributed by atoms with E-state index in [1.807, 2.05) is 30.3 Å². The molecule has 1 aliphatic heterocycles. The normalized spacial score (nSPS) is 20.0. The molecule has 1 unspecified atom stereocenters. The lowest BCUT2D eigenvalue weighted by Crippen LogP contribution is -2.37. The Morgan fingerprint density at radius 3 is 2.68 bits per heavy atom. The number of rotatable bonds is 3. The smallest absolute Gasteiger partial charge is 0.276 e.